The molecule has 0 fully saturated rings. The molecular formula is C16H15FN4O3. The van der Waals surface area contributed by atoms with Gasteiger partial charge in [-0.1, -0.05) is 16.4 Å². The van der Waals surface area contributed by atoms with Gasteiger partial charge in [0, 0.05) is 18.1 Å². The Kier molecular flexibility index (Phi) is 4.03. The molecule has 0 aliphatic rings. The Bertz CT molecular complexity index is 895. The van der Waals surface area contributed by atoms with Gasteiger partial charge < -0.3 is 14.8 Å². The molecule has 1 aromatic carbocycles. The van der Waals surface area contributed by atoms with E-state index in [0.717, 1.165) is 6.07 Å². The van der Waals surface area contributed by atoms with Gasteiger partial charge in [0.05, 0.1) is 28.9 Å². The maximum Gasteiger partial charge on any atom is 0.141 e. The molecule has 3 N–H and O–H groups in total. The standard InChI is InChI=1S/C16H15FN4O3/c1-8-15(9(2)24-21-8)16-13(19-20-14(16)7-18-23)5-10-3-4-11(22)6-12(10)17/h3-4,6-7,22-23H,5H2,1-2H3,(H,19,20). The molecule has 24 heavy (non-hydrogen) atoms. The second kappa shape index (κ2) is 6.15. The minimum Gasteiger partial charge on any atom is -0.508 e. The van der Waals surface area contributed by atoms with E-state index < -0.39 is 5.82 Å². The smallest absolute Gasteiger partial charge is 0.141 e. The average Bonchev–Trinajstić information content (AvgIpc) is 3.06. The summed E-state index contributed by atoms with van der Waals surface area (Å²) in [4.78, 5) is 0. The van der Waals surface area contributed by atoms with E-state index in [1.54, 1.807) is 13.8 Å². The van der Waals surface area contributed by atoms with E-state index in [-0.39, 0.29) is 12.2 Å². The number of aromatic nitrogens is 3. The van der Waals surface area contributed by atoms with Gasteiger partial charge in [0.1, 0.15) is 17.3 Å². The van der Waals surface area contributed by atoms with Crippen molar-refractivity contribution in [3.8, 4) is 16.9 Å². The van der Waals surface area contributed by atoms with E-state index >= 15 is 0 Å². The summed E-state index contributed by atoms with van der Waals surface area (Å²) in [7, 11) is 0. The maximum absolute atomic E-state index is 14.0. The van der Waals surface area contributed by atoms with Gasteiger partial charge in [-0.15, -0.1) is 0 Å². The molecule has 3 aromatic rings. The van der Waals surface area contributed by atoms with Crippen LogP contribution in [0.25, 0.3) is 11.1 Å². The van der Waals surface area contributed by atoms with Crippen molar-refractivity contribution in [2.45, 2.75) is 20.3 Å². The van der Waals surface area contributed by atoms with Gasteiger partial charge in [0.2, 0.25) is 0 Å². The number of H-pyrrole nitrogens is 1. The Morgan fingerprint density at radius 2 is 2.12 bits per heavy atom. The fraction of sp³-hybridized carbons (Fsp3) is 0.188. The van der Waals surface area contributed by atoms with Crippen LogP contribution in [0, 0.1) is 19.7 Å². The first-order valence-electron chi connectivity index (χ1n) is 7.16. The molecule has 0 saturated heterocycles. The van der Waals surface area contributed by atoms with E-state index in [4.69, 9.17) is 9.73 Å². The summed E-state index contributed by atoms with van der Waals surface area (Å²) in [6.45, 7) is 3.54. The largest absolute Gasteiger partial charge is 0.508 e. The van der Waals surface area contributed by atoms with Crippen molar-refractivity contribution in [1.29, 1.82) is 0 Å². The van der Waals surface area contributed by atoms with Crippen molar-refractivity contribution in [3.63, 3.8) is 0 Å². The number of nitrogens with zero attached hydrogens (tertiary/aromatic N) is 3. The topological polar surface area (TPSA) is 108 Å². The molecule has 0 spiro atoms. The van der Waals surface area contributed by atoms with Gasteiger partial charge in [-0.3, -0.25) is 5.10 Å². The van der Waals surface area contributed by atoms with Gasteiger partial charge in [0.25, 0.3) is 0 Å². The third-order valence-electron chi connectivity index (χ3n) is 3.73. The number of aromatic amines is 1. The number of phenols is 1. The van der Waals surface area contributed by atoms with E-state index in [1.807, 2.05) is 0 Å². The lowest BCUT2D eigenvalue weighted by Gasteiger charge is -2.05. The second-order valence-electron chi connectivity index (χ2n) is 5.36. The zero-order valence-corrected chi connectivity index (χ0v) is 13.0. The lowest BCUT2D eigenvalue weighted by molar-refractivity contribution is 0.321. The molecule has 2 heterocycles. The number of nitrogens with one attached hydrogen (secondary N) is 1. The molecule has 0 unspecified atom stereocenters. The number of phenolic OH excluding ortho intramolecular Hbond substituents is 1. The van der Waals surface area contributed by atoms with Gasteiger partial charge in [-0.25, -0.2) is 4.39 Å². The molecule has 124 valence electrons. The fourth-order valence-electron chi connectivity index (χ4n) is 2.65. The summed E-state index contributed by atoms with van der Waals surface area (Å²) in [5.41, 5.74) is 3.38. The Balaban J connectivity index is 2.12. The molecule has 0 saturated carbocycles. The number of aromatic hydroxyl groups is 1. The number of benzene rings is 1. The highest BCUT2D eigenvalue weighted by atomic mass is 19.1. The van der Waals surface area contributed by atoms with Crippen molar-refractivity contribution < 1.29 is 19.2 Å². The second-order valence-corrected chi connectivity index (χ2v) is 5.36. The van der Waals surface area contributed by atoms with Gasteiger partial charge >= 0.3 is 0 Å². The number of hydrogen-bond acceptors (Lipinski definition) is 6. The zero-order valence-electron chi connectivity index (χ0n) is 13.0. The SMILES string of the molecule is Cc1noc(C)c1-c1c(Cc2ccc(O)cc2F)n[nH]c1C=NO. The van der Waals surface area contributed by atoms with Crippen LogP contribution in [0.15, 0.2) is 27.9 Å². The minimum atomic E-state index is -0.528. The zero-order chi connectivity index (χ0) is 17.3. The number of hydrogen-bond donors (Lipinski definition) is 3. The summed E-state index contributed by atoms with van der Waals surface area (Å²) in [5, 5.41) is 32.1. The number of rotatable bonds is 4. The van der Waals surface area contributed by atoms with Crippen molar-refractivity contribution in [1.82, 2.24) is 15.4 Å². The Morgan fingerprint density at radius 3 is 2.75 bits per heavy atom. The molecule has 0 amide bonds. The highest BCUT2D eigenvalue weighted by molar-refractivity contribution is 5.90. The summed E-state index contributed by atoms with van der Waals surface area (Å²) >= 11 is 0. The van der Waals surface area contributed by atoms with E-state index in [0.29, 0.717) is 39.5 Å². The Labute approximate surface area is 136 Å². The number of halogens is 1. The average molecular weight is 330 g/mol. The third kappa shape index (κ3) is 2.73. The molecule has 8 heteroatoms. The molecule has 0 radical (unpaired) electrons. The molecule has 0 aliphatic heterocycles. The van der Waals surface area contributed by atoms with Crippen LogP contribution < -0.4 is 0 Å². The maximum atomic E-state index is 14.0. The summed E-state index contributed by atoms with van der Waals surface area (Å²) in [6.07, 6.45) is 1.40. The van der Waals surface area contributed by atoms with Crippen LogP contribution in [0.4, 0.5) is 4.39 Å². The van der Waals surface area contributed by atoms with Crippen LogP contribution in [-0.4, -0.2) is 31.9 Å². The van der Waals surface area contributed by atoms with E-state index in [9.17, 15) is 9.50 Å². The van der Waals surface area contributed by atoms with Gasteiger partial charge in [-0.05, 0) is 25.5 Å². The molecular weight excluding hydrogens is 315 g/mol. The normalized spacial score (nSPS) is 11.5. The van der Waals surface area contributed by atoms with E-state index in [1.165, 1.54) is 18.3 Å². The first-order chi connectivity index (χ1) is 11.5. The van der Waals surface area contributed by atoms with Crippen LogP contribution in [0.2, 0.25) is 0 Å². The first-order valence-corrected chi connectivity index (χ1v) is 7.16. The molecule has 0 atom stereocenters. The lowest BCUT2D eigenvalue weighted by atomic mass is 9.98. The molecule has 0 bridgehead atoms. The number of oxime groups is 1. The van der Waals surface area contributed by atoms with Gasteiger partial charge in [-0.2, -0.15) is 5.10 Å². The van der Waals surface area contributed by atoms with Crippen molar-refractivity contribution >= 4 is 6.21 Å². The summed E-state index contributed by atoms with van der Waals surface area (Å²) in [6, 6.07) is 3.96. The van der Waals surface area contributed by atoms with Crippen LogP contribution in [0.5, 0.6) is 5.75 Å². The Morgan fingerprint density at radius 1 is 1.33 bits per heavy atom. The van der Waals surface area contributed by atoms with E-state index in [2.05, 4.69) is 20.5 Å². The fourth-order valence-corrected chi connectivity index (χ4v) is 2.65. The summed E-state index contributed by atoms with van der Waals surface area (Å²) < 4.78 is 19.2. The quantitative estimate of drug-likeness (QED) is 0.387. The summed E-state index contributed by atoms with van der Waals surface area (Å²) in [5.74, 6) is -0.0914. The highest BCUT2D eigenvalue weighted by Crippen LogP contribution is 2.33. The lowest BCUT2D eigenvalue weighted by Crippen LogP contribution is -1.97. The van der Waals surface area contributed by atoms with Crippen molar-refractivity contribution in [2.24, 2.45) is 5.16 Å². The van der Waals surface area contributed by atoms with Gasteiger partial charge in [0.15, 0.2) is 0 Å². The molecule has 3 rings (SSSR count). The monoisotopic (exact) mass is 330 g/mol. The molecule has 2 aromatic heterocycles. The first kappa shape index (κ1) is 15.7. The van der Waals surface area contributed by atoms with Crippen LogP contribution in [0.3, 0.4) is 0 Å². The minimum absolute atomic E-state index is 0.141. The van der Waals surface area contributed by atoms with Crippen LogP contribution in [-0.2, 0) is 6.42 Å². The van der Waals surface area contributed by atoms with Crippen molar-refractivity contribution in [2.75, 3.05) is 0 Å². The predicted octanol–water partition coefficient (Wildman–Crippen LogP) is 2.93. The molecule has 7 nitrogen and oxygen atoms in total. The Hall–Kier alpha value is -3.16. The third-order valence-corrected chi connectivity index (χ3v) is 3.73. The highest BCUT2D eigenvalue weighted by Gasteiger charge is 2.22. The number of aryl methyl sites for hydroxylation is 2. The molecule has 0 aliphatic carbocycles. The van der Waals surface area contributed by atoms with Crippen molar-refractivity contribution in [3.05, 3.63) is 52.4 Å². The van der Waals surface area contributed by atoms with Crippen LogP contribution >= 0.6 is 0 Å². The van der Waals surface area contributed by atoms with Crippen LogP contribution in [0.1, 0.15) is 28.4 Å². The predicted molar refractivity (Wildman–Crippen MR) is 83.8 cm³/mol.